The summed E-state index contributed by atoms with van der Waals surface area (Å²) in [5.74, 6) is 1.02. The number of benzene rings is 1. The van der Waals surface area contributed by atoms with Gasteiger partial charge in [-0.2, -0.15) is 0 Å². The van der Waals surface area contributed by atoms with Gasteiger partial charge in [-0.3, -0.25) is 0 Å². The van der Waals surface area contributed by atoms with Crippen molar-refractivity contribution in [1.29, 1.82) is 0 Å². The smallest absolute Gasteiger partial charge is 0.120 e. The molecule has 0 aliphatic carbocycles. The molecule has 3 heteroatoms. The van der Waals surface area contributed by atoms with Gasteiger partial charge in [0.05, 0.1) is 0 Å². The predicted octanol–water partition coefficient (Wildman–Crippen LogP) is 1.85. The average Bonchev–Trinajstić information content (AvgIpc) is 2.39. The molecule has 0 aromatic heterocycles. The molecule has 0 spiro atoms. The Morgan fingerprint density at radius 1 is 1.17 bits per heavy atom. The van der Waals surface area contributed by atoms with Gasteiger partial charge in [0.1, 0.15) is 11.4 Å². The van der Waals surface area contributed by atoms with E-state index in [0.29, 0.717) is 0 Å². The van der Waals surface area contributed by atoms with Crippen LogP contribution in [0.5, 0.6) is 5.75 Å². The topological polar surface area (TPSA) is 33.3 Å². The fourth-order valence-electron chi connectivity index (χ4n) is 2.92. The highest BCUT2D eigenvalue weighted by atomic mass is 16.5. The second-order valence-electron chi connectivity index (χ2n) is 5.69. The Balaban J connectivity index is 1.76. The van der Waals surface area contributed by atoms with E-state index in [-0.39, 0.29) is 5.60 Å². The van der Waals surface area contributed by atoms with Gasteiger partial charge in [0.25, 0.3) is 0 Å². The Morgan fingerprint density at radius 3 is 2.94 bits per heavy atom. The minimum absolute atomic E-state index is 0.0470. The quantitative estimate of drug-likeness (QED) is 0.835. The van der Waals surface area contributed by atoms with Crippen LogP contribution in [0.1, 0.15) is 30.9 Å². The number of fused-ring (bicyclic) bond motifs is 1. The maximum Gasteiger partial charge on any atom is 0.120 e. The van der Waals surface area contributed by atoms with Gasteiger partial charge >= 0.3 is 0 Å². The van der Waals surface area contributed by atoms with E-state index in [1.54, 1.807) is 0 Å². The minimum Gasteiger partial charge on any atom is -0.486 e. The third kappa shape index (κ3) is 2.52. The summed E-state index contributed by atoms with van der Waals surface area (Å²) in [5.41, 5.74) is 2.81. The molecular weight excluding hydrogens is 224 g/mol. The molecule has 2 aliphatic rings. The first kappa shape index (κ1) is 12.0. The molecule has 0 bridgehead atoms. The molecule has 1 saturated heterocycles. The number of piperidine rings is 1. The van der Waals surface area contributed by atoms with Crippen molar-refractivity contribution < 1.29 is 4.74 Å². The Bertz CT molecular complexity index is 425. The largest absolute Gasteiger partial charge is 0.486 e. The van der Waals surface area contributed by atoms with Gasteiger partial charge < -0.3 is 15.4 Å². The van der Waals surface area contributed by atoms with E-state index in [9.17, 15) is 0 Å². The normalized spacial score (nSPS) is 27.6. The molecule has 1 unspecified atom stereocenters. The van der Waals surface area contributed by atoms with E-state index in [2.05, 4.69) is 35.8 Å². The van der Waals surface area contributed by atoms with Gasteiger partial charge in [0.2, 0.25) is 0 Å². The van der Waals surface area contributed by atoms with Crippen LogP contribution in [0.25, 0.3) is 0 Å². The highest BCUT2D eigenvalue weighted by Gasteiger charge is 2.28. The SMILES string of the molecule is CC1(Oc2ccc3c(c2)CNCC3)CCCNC1. The number of hydrogen-bond acceptors (Lipinski definition) is 3. The molecule has 1 atom stereocenters. The van der Waals surface area contributed by atoms with Gasteiger partial charge in [-0.25, -0.2) is 0 Å². The molecule has 1 fully saturated rings. The molecule has 0 radical (unpaired) electrons. The predicted molar refractivity (Wildman–Crippen MR) is 73.0 cm³/mol. The molecule has 3 nitrogen and oxygen atoms in total. The van der Waals surface area contributed by atoms with Crippen LogP contribution in [0.2, 0.25) is 0 Å². The highest BCUT2D eigenvalue weighted by Crippen LogP contribution is 2.27. The number of ether oxygens (including phenoxy) is 1. The van der Waals surface area contributed by atoms with Crippen LogP contribution < -0.4 is 15.4 Å². The lowest BCUT2D eigenvalue weighted by molar-refractivity contribution is 0.0613. The summed E-state index contributed by atoms with van der Waals surface area (Å²) >= 11 is 0. The zero-order chi connectivity index (χ0) is 12.4. The fraction of sp³-hybridized carbons (Fsp3) is 0.600. The Kier molecular flexibility index (Phi) is 3.27. The monoisotopic (exact) mass is 246 g/mol. The average molecular weight is 246 g/mol. The Hall–Kier alpha value is -1.06. The van der Waals surface area contributed by atoms with Crippen LogP contribution in [0.15, 0.2) is 18.2 Å². The Morgan fingerprint density at radius 2 is 2.11 bits per heavy atom. The summed E-state index contributed by atoms with van der Waals surface area (Å²) in [6.07, 6.45) is 3.47. The summed E-state index contributed by atoms with van der Waals surface area (Å²) in [6.45, 7) is 6.34. The van der Waals surface area contributed by atoms with Crippen molar-refractivity contribution in [3.8, 4) is 5.75 Å². The van der Waals surface area contributed by atoms with Crippen LogP contribution in [0.3, 0.4) is 0 Å². The lowest BCUT2D eigenvalue weighted by Gasteiger charge is -2.35. The lowest BCUT2D eigenvalue weighted by atomic mass is 9.96. The van der Waals surface area contributed by atoms with Crippen molar-refractivity contribution in [3.05, 3.63) is 29.3 Å². The van der Waals surface area contributed by atoms with E-state index in [1.807, 2.05) is 0 Å². The van der Waals surface area contributed by atoms with Crippen LogP contribution >= 0.6 is 0 Å². The first-order valence-electron chi connectivity index (χ1n) is 6.97. The standard InChI is InChI=1S/C15H22N2O/c1-15(6-2-7-17-11-15)18-14-4-3-12-5-8-16-10-13(12)9-14/h3-4,9,16-17H,2,5-8,10-11H2,1H3. The van der Waals surface area contributed by atoms with Crippen LogP contribution in [0, 0.1) is 0 Å². The second kappa shape index (κ2) is 4.90. The van der Waals surface area contributed by atoms with Gasteiger partial charge in [0, 0.05) is 13.1 Å². The molecule has 2 heterocycles. The van der Waals surface area contributed by atoms with Crippen molar-refractivity contribution in [2.75, 3.05) is 19.6 Å². The van der Waals surface area contributed by atoms with Crippen LogP contribution in [-0.2, 0) is 13.0 Å². The van der Waals surface area contributed by atoms with Crippen molar-refractivity contribution in [2.24, 2.45) is 0 Å². The minimum atomic E-state index is -0.0470. The zero-order valence-corrected chi connectivity index (χ0v) is 11.1. The first-order chi connectivity index (χ1) is 8.75. The second-order valence-corrected chi connectivity index (χ2v) is 5.69. The van der Waals surface area contributed by atoms with Crippen molar-refractivity contribution in [3.63, 3.8) is 0 Å². The summed E-state index contributed by atoms with van der Waals surface area (Å²) in [4.78, 5) is 0. The van der Waals surface area contributed by atoms with Crippen molar-refractivity contribution in [1.82, 2.24) is 10.6 Å². The van der Waals surface area contributed by atoms with Crippen LogP contribution in [-0.4, -0.2) is 25.2 Å². The summed E-state index contributed by atoms with van der Waals surface area (Å²) in [5, 5.41) is 6.83. The molecule has 0 amide bonds. The lowest BCUT2D eigenvalue weighted by Crippen LogP contribution is -2.47. The number of hydrogen-bond donors (Lipinski definition) is 2. The summed E-state index contributed by atoms with van der Waals surface area (Å²) in [7, 11) is 0. The van der Waals surface area contributed by atoms with Gasteiger partial charge in [0.15, 0.2) is 0 Å². The third-order valence-electron chi connectivity index (χ3n) is 3.99. The fourth-order valence-corrected chi connectivity index (χ4v) is 2.92. The van der Waals surface area contributed by atoms with Gasteiger partial charge in [-0.1, -0.05) is 6.07 Å². The molecule has 98 valence electrons. The zero-order valence-electron chi connectivity index (χ0n) is 11.1. The molecule has 2 N–H and O–H groups in total. The van der Waals surface area contributed by atoms with Gasteiger partial charge in [-0.05, 0) is 62.5 Å². The summed E-state index contributed by atoms with van der Waals surface area (Å²) < 4.78 is 6.22. The number of rotatable bonds is 2. The van der Waals surface area contributed by atoms with Crippen molar-refractivity contribution >= 4 is 0 Å². The molecule has 2 aliphatic heterocycles. The maximum absolute atomic E-state index is 6.22. The van der Waals surface area contributed by atoms with E-state index >= 15 is 0 Å². The van der Waals surface area contributed by atoms with Crippen LogP contribution in [0.4, 0.5) is 0 Å². The first-order valence-corrected chi connectivity index (χ1v) is 6.97. The molecule has 3 rings (SSSR count). The summed E-state index contributed by atoms with van der Waals surface area (Å²) in [6, 6.07) is 6.57. The molecule has 1 aromatic rings. The number of nitrogens with one attached hydrogen (secondary N) is 2. The van der Waals surface area contributed by atoms with E-state index in [0.717, 1.165) is 44.8 Å². The van der Waals surface area contributed by atoms with E-state index in [1.165, 1.54) is 17.5 Å². The maximum atomic E-state index is 6.22. The molecule has 0 saturated carbocycles. The van der Waals surface area contributed by atoms with Crippen molar-refractivity contribution in [2.45, 2.75) is 38.3 Å². The van der Waals surface area contributed by atoms with E-state index in [4.69, 9.17) is 4.74 Å². The molecule has 18 heavy (non-hydrogen) atoms. The third-order valence-corrected chi connectivity index (χ3v) is 3.99. The Labute approximate surface area is 109 Å². The van der Waals surface area contributed by atoms with Gasteiger partial charge in [-0.15, -0.1) is 0 Å². The molecule has 1 aromatic carbocycles. The van der Waals surface area contributed by atoms with E-state index < -0.39 is 0 Å². The molecular formula is C15H22N2O. The highest BCUT2D eigenvalue weighted by molar-refractivity contribution is 5.37.